The van der Waals surface area contributed by atoms with Gasteiger partial charge in [-0.2, -0.15) is 5.10 Å². The molecule has 9 heteroatoms. The number of aromatic carboxylic acids is 1. The van der Waals surface area contributed by atoms with Gasteiger partial charge in [-0.05, 0) is 69.5 Å². The largest absolute Gasteiger partial charge is 0.488 e. The number of hydrazone groups is 1. The number of amides is 1. The van der Waals surface area contributed by atoms with Crippen LogP contribution in [0.4, 0.5) is 0 Å². The fourth-order valence-corrected chi connectivity index (χ4v) is 3.17. The van der Waals surface area contributed by atoms with E-state index in [0.29, 0.717) is 10.2 Å². The van der Waals surface area contributed by atoms with Gasteiger partial charge >= 0.3 is 5.97 Å². The molecule has 1 aromatic heterocycles. The molecule has 1 amide bonds. The quantitative estimate of drug-likeness (QED) is 0.289. The predicted molar refractivity (Wildman–Crippen MR) is 116 cm³/mol. The van der Waals surface area contributed by atoms with Crippen molar-refractivity contribution in [1.82, 2.24) is 10.4 Å². The van der Waals surface area contributed by atoms with Crippen molar-refractivity contribution < 1.29 is 19.4 Å². The number of nitrogens with zero attached hydrogens (tertiary/aromatic N) is 2. The topological polar surface area (TPSA) is 101 Å². The molecule has 0 saturated heterocycles. The standard InChI is InChI=1S/C21H15BrClN3O4/c22-17-10-13(11-25-26-20(27)16-5-2-8-24-19(16)23)6-7-18(17)30-12-14-3-1-4-15(9-14)21(28)29/h1-11H,12H2,(H,26,27)(H,28,29). The summed E-state index contributed by atoms with van der Waals surface area (Å²) >= 11 is 9.31. The zero-order valence-corrected chi connectivity index (χ0v) is 17.7. The van der Waals surface area contributed by atoms with Gasteiger partial charge in [-0.3, -0.25) is 4.79 Å². The lowest BCUT2D eigenvalue weighted by Gasteiger charge is -2.09. The highest BCUT2D eigenvalue weighted by Crippen LogP contribution is 2.26. The average Bonchev–Trinajstić information content (AvgIpc) is 2.73. The number of pyridine rings is 1. The van der Waals surface area contributed by atoms with Crippen LogP contribution in [0, 0.1) is 0 Å². The Balaban J connectivity index is 1.60. The van der Waals surface area contributed by atoms with E-state index in [0.717, 1.165) is 11.1 Å². The van der Waals surface area contributed by atoms with E-state index in [4.69, 9.17) is 21.4 Å². The molecule has 0 bridgehead atoms. The Labute approximate surface area is 185 Å². The first-order valence-corrected chi connectivity index (χ1v) is 9.79. The van der Waals surface area contributed by atoms with E-state index < -0.39 is 11.9 Å². The number of halogens is 2. The van der Waals surface area contributed by atoms with Gasteiger partial charge in [0.25, 0.3) is 5.91 Å². The minimum absolute atomic E-state index is 0.100. The number of carbonyl (C=O) groups excluding carboxylic acids is 1. The smallest absolute Gasteiger partial charge is 0.335 e. The Morgan fingerprint density at radius 2 is 2.03 bits per heavy atom. The lowest BCUT2D eigenvalue weighted by Crippen LogP contribution is -2.18. The summed E-state index contributed by atoms with van der Waals surface area (Å²) in [5.41, 5.74) is 4.29. The Hall–Kier alpha value is -3.23. The molecule has 30 heavy (non-hydrogen) atoms. The summed E-state index contributed by atoms with van der Waals surface area (Å²) in [4.78, 5) is 26.9. The molecular formula is C21H15BrClN3O4. The van der Waals surface area contributed by atoms with Gasteiger partial charge in [-0.1, -0.05) is 23.7 Å². The lowest BCUT2D eigenvalue weighted by atomic mass is 10.1. The fourth-order valence-electron chi connectivity index (χ4n) is 2.45. The highest BCUT2D eigenvalue weighted by Gasteiger charge is 2.09. The van der Waals surface area contributed by atoms with Crippen LogP contribution in [0.1, 0.15) is 31.8 Å². The van der Waals surface area contributed by atoms with Gasteiger partial charge in [0.05, 0.1) is 21.8 Å². The summed E-state index contributed by atoms with van der Waals surface area (Å²) in [5.74, 6) is -0.870. The van der Waals surface area contributed by atoms with Crippen LogP contribution in [0.15, 0.2) is 70.4 Å². The van der Waals surface area contributed by atoms with Crippen LogP contribution in [0.25, 0.3) is 0 Å². The van der Waals surface area contributed by atoms with Crippen molar-refractivity contribution >= 4 is 45.6 Å². The molecule has 0 saturated carbocycles. The molecule has 7 nitrogen and oxygen atoms in total. The number of carboxylic acids is 1. The third-order valence-corrected chi connectivity index (χ3v) is 4.83. The Morgan fingerprint density at radius 3 is 2.77 bits per heavy atom. The van der Waals surface area contributed by atoms with Gasteiger partial charge < -0.3 is 9.84 Å². The van der Waals surface area contributed by atoms with Crippen molar-refractivity contribution in [2.45, 2.75) is 6.61 Å². The summed E-state index contributed by atoms with van der Waals surface area (Å²) in [6.07, 6.45) is 2.97. The van der Waals surface area contributed by atoms with Crippen LogP contribution in [0.3, 0.4) is 0 Å². The van der Waals surface area contributed by atoms with Gasteiger partial charge in [-0.25, -0.2) is 15.2 Å². The molecule has 0 unspecified atom stereocenters. The number of aromatic nitrogens is 1. The van der Waals surface area contributed by atoms with E-state index in [2.05, 4.69) is 31.4 Å². The maximum Gasteiger partial charge on any atom is 0.335 e. The first kappa shape index (κ1) is 21.5. The predicted octanol–water partition coefficient (Wildman–Crippen LogP) is 4.54. The molecule has 0 spiro atoms. The molecule has 3 aromatic rings. The maximum absolute atomic E-state index is 12.0. The van der Waals surface area contributed by atoms with Crippen LogP contribution in [-0.4, -0.2) is 28.2 Å². The first-order valence-electron chi connectivity index (χ1n) is 8.62. The Morgan fingerprint density at radius 1 is 1.20 bits per heavy atom. The lowest BCUT2D eigenvalue weighted by molar-refractivity contribution is 0.0696. The second-order valence-electron chi connectivity index (χ2n) is 6.02. The third-order valence-electron chi connectivity index (χ3n) is 3.91. The van der Waals surface area contributed by atoms with Crippen molar-refractivity contribution in [2.75, 3.05) is 0 Å². The van der Waals surface area contributed by atoms with E-state index in [1.54, 1.807) is 48.5 Å². The van der Waals surface area contributed by atoms with E-state index in [1.165, 1.54) is 18.5 Å². The van der Waals surface area contributed by atoms with E-state index in [-0.39, 0.29) is 22.9 Å². The van der Waals surface area contributed by atoms with Gasteiger partial charge in [0, 0.05) is 6.20 Å². The van der Waals surface area contributed by atoms with Crippen LogP contribution in [0.2, 0.25) is 5.15 Å². The molecule has 0 aliphatic heterocycles. The summed E-state index contributed by atoms with van der Waals surface area (Å²) in [6.45, 7) is 0.217. The van der Waals surface area contributed by atoms with Crippen LogP contribution >= 0.6 is 27.5 Å². The third kappa shape index (κ3) is 5.65. The highest BCUT2D eigenvalue weighted by molar-refractivity contribution is 9.10. The number of ether oxygens (including phenoxy) is 1. The van der Waals surface area contributed by atoms with Crippen LogP contribution in [0.5, 0.6) is 5.75 Å². The van der Waals surface area contributed by atoms with Gasteiger partial charge in [0.2, 0.25) is 0 Å². The molecule has 0 radical (unpaired) electrons. The average molecular weight is 489 g/mol. The number of carboxylic acid groups (broad SMARTS) is 1. The van der Waals surface area contributed by atoms with Crippen molar-refractivity contribution in [1.29, 1.82) is 0 Å². The molecular weight excluding hydrogens is 474 g/mol. The number of hydrogen-bond donors (Lipinski definition) is 2. The fraction of sp³-hybridized carbons (Fsp3) is 0.0476. The number of rotatable bonds is 7. The van der Waals surface area contributed by atoms with Crippen LogP contribution in [-0.2, 0) is 6.61 Å². The SMILES string of the molecule is O=C(O)c1cccc(COc2ccc(C=NNC(=O)c3cccnc3Cl)cc2Br)c1. The molecule has 3 rings (SSSR count). The van der Waals surface area contributed by atoms with Crippen molar-refractivity contribution in [3.63, 3.8) is 0 Å². The monoisotopic (exact) mass is 487 g/mol. The molecule has 0 aliphatic carbocycles. The minimum atomic E-state index is -0.987. The van der Waals surface area contributed by atoms with Crippen LogP contribution < -0.4 is 10.2 Å². The van der Waals surface area contributed by atoms with E-state index in [1.807, 2.05) is 0 Å². The Bertz CT molecular complexity index is 1120. The number of nitrogens with one attached hydrogen (secondary N) is 1. The highest BCUT2D eigenvalue weighted by atomic mass is 79.9. The van der Waals surface area contributed by atoms with E-state index >= 15 is 0 Å². The molecule has 0 atom stereocenters. The van der Waals surface area contributed by atoms with Crippen molar-refractivity contribution in [3.05, 3.63) is 92.7 Å². The molecule has 2 aromatic carbocycles. The summed E-state index contributed by atoms with van der Waals surface area (Å²) < 4.78 is 6.43. The van der Waals surface area contributed by atoms with Crippen molar-refractivity contribution in [3.8, 4) is 5.75 Å². The zero-order valence-electron chi connectivity index (χ0n) is 15.4. The second-order valence-corrected chi connectivity index (χ2v) is 7.24. The first-order chi connectivity index (χ1) is 14.4. The molecule has 0 aliphatic rings. The minimum Gasteiger partial charge on any atom is -0.488 e. The van der Waals surface area contributed by atoms with Gasteiger partial charge in [0.1, 0.15) is 17.5 Å². The van der Waals surface area contributed by atoms with Gasteiger partial charge in [-0.15, -0.1) is 0 Å². The van der Waals surface area contributed by atoms with Gasteiger partial charge in [0.15, 0.2) is 0 Å². The summed E-state index contributed by atoms with van der Waals surface area (Å²) in [6, 6.07) is 15.0. The number of carbonyl (C=O) groups is 2. The summed E-state index contributed by atoms with van der Waals surface area (Å²) in [5, 5.41) is 13.1. The molecule has 0 fully saturated rings. The maximum atomic E-state index is 12.0. The summed E-state index contributed by atoms with van der Waals surface area (Å²) in [7, 11) is 0. The van der Waals surface area contributed by atoms with Crippen molar-refractivity contribution in [2.24, 2.45) is 5.10 Å². The second kappa shape index (κ2) is 10.00. The zero-order chi connectivity index (χ0) is 21.5. The molecule has 2 N–H and O–H groups in total. The Kier molecular flexibility index (Phi) is 7.16. The van der Waals surface area contributed by atoms with E-state index in [9.17, 15) is 9.59 Å². The number of hydrogen-bond acceptors (Lipinski definition) is 5. The number of benzene rings is 2. The molecule has 152 valence electrons. The molecule has 1 heterocycles. The normalized spacial score (nSPS) is 10.7.